The van der Waals surface area contributed by atoms with Crippen LogP contribution in [0.25, 0.3) is 0 Å². The molecular formula is C22H27FN4O. The average Bonchev–Trinajstić information content (AvgIpc) is 3.49. The average molecular weight is 382 g/mol. The van der Waals surface area contributed by atoms with Crippen LogP contribution < -0.4 is 10.6 Å². The van der Waals surface area contributed by atoms with Gasteiger partial charge >= 0.3 is 0 Å². The van der Waals surface area contributed by atoms with Crippen molar-refractivity contribution in [1.82, 2.24) is 15.5 Å². The van der Waals surface area contributed by atoms with Gasteiger partial charge in [-0.1, -0.05) is 42.5 Å². The maximum Gasteiger partial charge on any atom is 0.241 e. The van der Waals surface area contributed by atoms with Crippen LogP contribution >= 0.6 is 0 Å². The molecular weight excluding hydrogens is 355 g/mol. The quantitative estimate of drug-likeness (QED) is 0.572. The van der Waals surface area contributed by atoms with Crippen molar-refractivity contribution in [3.05, 3.63) is 71.5 Å². The Morgan fingerprint density at radius 2 is 1.86 bits per heavy atom. The predicted octanol–water partition coefficient (Wildman–Crippen LogP) is 2.68. The van der Waals surface area contributed by atoms with Crippen LogP contribution in [0, 0.1) is 5.82 Å². The molecule has 3 rings (SSSR count). The van der Waals surface area contributed by atoms with E-state index >= 15 is 0 Å². The van der Waals surface area contributed by atoms with Crippen molar-refractivity contribution in [2.24, 2.45) is 4.99 Å². The number of benzene rings is 2. The van der Waals surface area contributed by atoms with E-state index < -0.39 is 0 Å². The maximum atomic E-state index is 13.6. The number of nitrogens with one attached hydrogen (secondary N) is 2. The van der Waals surface area contributed by atoms with Crippen molar-refractivity contribution in [3.63, 3.8) is 0 Å². The summed E-state index contributed by atoms with van der Waals surface area (Å²) in [4.78, 5) is 18.1. The lowest BCUT2D eigenvalue weighted by Gasteiger charge is -2.20. The second-order valence-electron chi connectivity index (χ2n) is 7.44. The number of carbonyl (C=O) groups excluding carboxylic acids is 1. The summed E-state index contributed by atoms with van der Waals surface area (Å²) in [5.41, 5.74) is 2.03. The van der Waals surface area contributed by atoms with Gasteiger partial charge in [-0.25, -0.2) is 9.38 Å². The molecule has 2 aromatic carbocycles. The Morgan fingerprint density at radius 3 is 2.50 bits per heavy atom. The second kappa shape index (κ2) is 8.87. The summed E-state index contributed by atoms with van der Waals surface area (Å²) < 4.78 is 13.6. The summed E-state index contributed by atoms with van der Waals surface area (Å²) in [5, 5.41) is 6.46. The molecule has 1 saturated carbocycles. The number of carbonyl (C=O) groups is 1. The molecule has 1 fully saturated rings. The highest BCUT2D eigenvalue weighted by Crippen LogP contribution is 2.47. The molecule has 28 heavy (non-hydrogen) atoms. The molecule has 5 nitrogen and oxygen atoms in total. The molecule has 1 aliphatic rings. The predicted molar refractivity (Wildman–Crippen MR) is 110 cm³/mol. The highest BCUT2D eigenvalue weighted by molar-refractivity contribution is 5.86. The molecule has 0 heterocycles. The van der Waals surface area contributed by atoms with Gasteiger partial charge in [0, 0.05) is 26.1 Å². The van der Waals surface area contributed by atoms with Gasteiger partial charge in [0.25, 0.3) is 0 Å². The number of aliphatic imine (C=N–C) groups is 1. The number of amides is 1. The topological polar surface area (TPSA) is 56.7 Å². The smallest absolute Gasteiger partial charge is 0.241 e. The van der Waals surface area contributed by atoms with Crippen LogP contribution in [0.2, 0.25) is 0 Å². The number of hydrogen-bond acceptors (Lipinski definition) is 2. The minimum absolute atomic E-state index is 0.0273. The fraction of sp³-hybridized carbons (Fsp3) is 0.364. The SMILES string of the molecule is CN(C)C(=O)CNC(=NCc1ccccc1)NCC1(c2cccc(F)c2)CC1. The summed E-state index contributed by atoms with van der Waals surface area (Å²) in [6.07, 6.45) is 2.01. The fourth-order valence-corrected chi connectivity index (χ4v) is 3.04. The van der Waals surface area contributed by atoms with Crippen molar-refractivity contribution in [3.8, 4) is 0 Å². The first-order chi connectivity index (χ1) is 13.5. The van der Waals surface area contributed by atoms with E-state index in [-0.39, 0.29) is 23.7 Å². The maximum absolute atomic E-state index is 13.6. The van der Waals surface area contributed by atoms with Gasteiger partial charge in [-0.05, 0) is 36.1 Å². The van der Waals surface area contributed by atoms with Gasteiger partial charge in [-0.3, -0.25) is 4.79 Å². The molecule has 6 heteroatoms. The van der Waals surface area contributed by atoms with Crippen LogP contribution in [-0.2, 0) is 16.8 Å². The first-order valence-corrected chi connectivity index (χ1v) is 9.51. The highest BCUT2D eigenvalue weighted by atomic mass is 19.1. The number of rotatable bonds is 7. The van der Waals surface area contributed by atoms with Crippen molar-refractivity contribution in [2.75, 3.05) is 27.2 Å². The first kappa shape index (κ1) is 19.9. The molecule has 0 unspecified atom stereocenters. The standard InChI is InChI=1S/C22H27FN4O/c1-27(2)20(28)15-25-21(24-14-17-7-4-3-5-8-17)26-16-22(11-12-22)18-9-6-10-19(23)13-18/h3-10,13H,11-12,14-16H2,1-2H3,(H2,24,25,26). The molecule has 0 bridgehead atoms. The van der Waals surface area contributed by atoms with E-state index in [9.17, 15) is 9.18 Å². The number of hydrogen-bond donors (Lipinski definition) is 2. The van der Waals surface area contributed by atoms with Crippen molar-refractivity contribution >= 4 is 11.9 Å². The molecule has 1 amide bonds. The molecule has 0 aliphatic heterocycles. The Labute approximate surface area is 165 Å². The second-order valence-corrected chi connectivity index (χ2v) is 7.44. The van der Waals surface area contributed by atoms with Crippen LogP contribution in [0.1, 0.15) is 24.0 Å². The number of likely N-dealkylation sites (N-methyl/N-ethyl adjacent to an activating group) is 1. The Hall–Kier alpha value is -2.89. The van der Waals surface area contributed by atoms with Gasteiger partial charge in [0.2, 0.25) is 5.91 Å². The molecule has 1 aliphatic carbocycles. The lowest BCUT2D eigenvalue weighted by molar-refractivity contribution is -0.127. The van der Waals surface area contributed by atoms with E-state index in [0.717, 1.165) is 24.0 Å². The van der Waals surface area contributed by atoms with Crippen molar-refractivity contribution in [2.45, 2.75) is 24.8 Å². The summed E-state index contributed by atoms with van der Waals surface area (Å²) in [6, 6.07) is 16.8. The third kappa shape index (κ3) is 5.31. The lowest BCUT2D eigenvalue weighted by atomic mass is 9.96. The number of guanidine groups is 1. The molecule has 0 aromatic heterocycles. The summed E-state index contributed by atoms with van der Waals surface area (Å²) >= 11 is 0. The molecule has 2 N–H and O–H groups in total. The van der Waals surface area contributed by atoms with Crippen LogP contribution in [-0.4, -0.2) is 44.0 Å². The Kier molecular flexibility index (Phi) is 6.29. The lowest BCUT2D eigenvalue weighted by Crippen LogP contribution is -2.45. The molecule has 0 spiro atoms. The van der Waals surface area contributed by atoms with Crippen LogP contribution in [0.15, 0.2) is 59.6 Å². The van der Waals surface area contributed by atoms with E-state index in [2.05, 4.69) is 15.6 Å². The minimum atomic E-state index is -0.212. The third-order valence-electron chi connectivity index (χ3n) is 5.05. The number of nitrogens with zero attached hydrogens (tertiary/aromatic N) is 2. The Balaban J connectivity index is 1.67. The summed E-state index contributed by atoms with van der Waals surface area (Å²) in [6.45, 7) is 1.33. The van der Waals surface area contributed by atoms with Crippen molar-refractivity contribution < 1.29 is 9.18 Å². The third-order valence-corrected chi connectivity index (χ3v) is 5.05. The van der Waals surface area contributed by atoms with Gasteiger partial charge in [0.15, 0.2) is 5.96 Å². The minimum Gasteiger partial charge on any atom is -0.355 e. The molecule has 2 aromatic rings. The van der Waals surface area contributed by atoms with E-state index in [1.807, 2.05) is 36.4 Å². The van der Waals surface area contributed by atoms with E-state index in [1.165, 1.54) is 11.0 Å². The van der Waals surface area contributed by atoms with Gasteiger partial charge in [-0.2, -0.15) is 0 Å². The van der Waals surface area contributed by atoms with Gasteiger partial charge in [-0.15, -0.1) is 0 Å². The molecule has 148 valence electrons. The largest absolute Gasteiger partial charge is 0.355 e. The normalized spacial score (nSPS) is 15.0. The molecule has 0 radical (unpaired) electrons. The zero-order chi connectivity index (χ0) is 20.0. The Morgan fingerprint density at radius 1 is 1.11 bits per heavy atom. The molecule has 0 atom stereocenters. The first-order valence-electron chi connectivity index (χ1n) is 9.51. The van der Waals surface area contributed by atoms with Crippen molar-refractivity contribution in [1.29, 1.82) is 0 Å². The number of halogens is 1. The highest BCUT2D eigenvalue weighted by Gasteiger charge is 2.44. The fourth-order valence-electron chi connectivity index (χ4n) is 3.04. The van der Waals surface area contributed by atoms with Gasteiger partial charge in [0.05, 0.1) is 13.1 Å². The van der Waals surface area contributed by atoms with E-state index in [4.69, 9.17) is 0 Å². The van der Waals surface area contributed by atoms with E-state index in [1.54, 1.807) is 26.2 Å². The molecule has 0 saturated heterocycles. The van der Waals surface area contributed by atoms with Gasteiger partial charge in [0.1, 0.15) is 5.82 Å². The zero-order valence-corrected chi connectivity index (χ0v) is 16.4. The van der Waals surface area contributed by atoms with Crippen LogP contribution in [0.4, 0.5) is 4.39 Å². The van der Waals surface area contributed by atoms with Crippen LogP contribution in [0.5, 0.6) is 0 Å². The van der Waals surface area contributed by atoms with E-state index in [0.29, 0.717) is 19.0 Å². The summed E-state index contributed by atoms with van der Waals surface area (Å²) in [5.74, 6) is 0.346. The van der Waals surface area contributed by atoms with Crippen LogP contribution in [0.3, 0.4) is 0 Å². The monoisotopic (exact) mass is 382 g/mol. The Bertz CT molecular complexity index is 831. The zero-order valence-electron chi connectivity index (χ0n) is 16.4. The van der Waals surface area contributed by atoms with Gasteiger partial charge < -0.3 is 15.5 Å². The summed E-state index contributed by atoms with van der Waals surface area (Å²) in [7, 11) is 3.45.